The first-order valence-electron chi connectivity index (χ1n) is 7.45. The molecule has 0 unspecified atom stereocenters. The molecule has 1 saturated carbocycles. The van der Waals surface area contributed by atoms with Gasteiger partial charge in [0.15, 0.2) is 0 Å². The molecule has 1 amide bonds. The van der Waals surface area contributed by atoms with Crippen molar-refractivity contribution >= 4 is 17.2 Å². The zero-order valence-corrected chi connectivity index (χ0v) is 13.1. The van der Waals surface area contributed by atoms with Gasteiger partial charge in [0.1, 0.15) is 0 Å². The van der Waals surface area contributed by atoms with Crippen LogP contribution in [-0.4, -0.2) is 28.6 Å². The molecule has 0 spiro atoms. The molecule has 0 saturated heterocycles. The third kappa shape index (κ3) is 4.28. The normalized spacial score (nSPS) is 22.8. The average molecular weight is 296 g/mol. The van der Waals surface area contributed by atoms with E-state index in [1.54, 1.807) is 11.3 Å². The zero-order valence-electron chi connectivity index (χ0n) is 12.3. The number of aliphatic hydroxyl groups excluding tert-OH is 1. The number of aliphatic hydroxyl groups is 1. The standard InChI is InChI=1S/C15H24N2O2S/c1-10-11(2)20-14(17-10)7-4-8-16-15(19)12-5-3-6-13(18)9-12/h12-13,18H,3-9H2,1-2H3,(H,16,19)/t12-,13-/m1/s1. The topological polar surface area (TPSA) is 62.2 Å². The lowest BCUT2D eigenvalue weighted by molar-refractivity contribution is -0.127. The van der Waals surface area contributed by atoms with Crippen molar-refractivity contribution in [1.82, 2.24) is 10.3 Å². The fourth-order valence-corrected chi connectivity index (χ4v) is 3.62. The van der Waals surface area contributed by atoms with Gasteiger partial charge >= 0.3 is 0 Å². The van der Waals surface area contributed by atoms with Crippen LogP contribution in [-0.2, 0) is 11.2 Å². The number of nitrogens with one attached hydrogen (secondary N) is 1. The highest BCUT2D eigenvalue weighted by Gasteiger charge is 2.25. The Morgan fingerprint density at radius 1 is 1.45 bits per heavy atom. The van der Waals surface area contributed by atoms with Crippen LogP contribution < -0.4 is 5.32 Å². The minimum absolute atomic E-state index is 0.00287. The molecule has 1 aromatic rings. The number of rotatable bonds is 5. The minimum Gasteiger partial charge on any atom is -0.393 e. The van der Waals surface area contributed by atoms with Crippen LogP contribution in [0.25, 0.3) is 0 Å². The Kier molecular flexibility index (Phi) is 5.54. The van der Waals surface area contributed by atoms with Gasteiger partial charge in [-0.3, -0.25) is 4.79 Å². The summed E-state index contributed by atoms with van der Waals surface area (Å²) in [5, 5.41) is 13.7. The van der Waals surface area contributed by atoms with Gasteiger partial charge in [0.05, 0.1) is 16.8 Å². The maximum absolute atomic E-state index is 12.0. The average Bonchev–Trinajstić information content (AvgIpc) is 2.73. The molecule has 2 N–H and O–H groups in total. The molecule has 2 rings (SSSR count). The summed E-state index contributed by atoms with van der Waals surface area (Å²) in [6.45, 7) is 4.82. The Balaban J connectivity index is 1.66. The Bertz CT molecular complexity index is 439. The Hall–Kier alpha value is -0.940. The number of hydrogen-bond donors (Lipinski definition) is 2. The van der Waals surface area contributed by atoms with Crippen LogP contribution >= 0.6 is 11.3 Å². The van der Waals surface area contributed by atoms with Crippen molar-refractivity contribution in [2.24, 2.45) is 5.92 Å². The quantitative estimate of drug-likeness (QED) is 0.820. The molecule has 5 heteroatoms. The largest absolute Gasteiger partial charge is 0.393 e. The summed E-state index contributed by atoms with van der Waals surface area (Å²) in [7, 11) is 0. The third-order valence-electron chi connectivity index (χ3n) is 3.96. The van der Waals surface area contributed by atoms with E-state index in [1.807, 2.05) is 6.92 Å². The molecule has 0 aromatic carbocycles. The fourth-order valence-electron chi connectivity index (χ4n) is 2.64. The molecule has 4 nitrogen and oxygen atoms in total. The van der Waals surface area contributed by atoms with Gasteiger partial charge in [0.25, 0.3) is 0 Å². The Morgan fingerprint density at radius 2 is 2.25 bits per heavy atom. The molecule has 0 bridgehead atoms. The molecule has 1 fully saturated rings. The Morgan fingerprint density at radius 3 is 2.90 bits per heavy atom. The van der Waals surface area contributed by atoms with Crippen LogP contribution in [0, 0.1) is 19.8 Å². The summed E-state index contributed by atoms with van der Waals surface area (Å²) in [4.78, 5) is 17.8. The van der Waals surface area contributed by atoms with Crippen molar-refractivity contribution in [3.63, 3.8) is 0 Å². The fraction of sp³-hybridized carbons (Fsp3) is 0.733. The first kappa shape index (κ1) is 15.4. The lowest BCUT2D eigenvalue weighted by atomic mass is 9.87. The van der Waals surface area contributed by atoms with Crippen LogP contribution in [0.15, 0.2) is 0 Å². The van der Waals surface area contributed by atoms with Gasteiger partial charge in [0, 0.05) is 23.8 Å². The minimum atomic E-state index is -0.291. The van der Waals surface area contributed by atoms with Crippen molar-refractivity contribution in [3.8, 4) is 0 Å². The highest BCUT2D eigenvalue weighted by Crippen LogP contribution is 2.24. The molecule has 0 aliphatic heterocycles. The lowest BCUT2D eigenvalue weighted by Crippen LogP contribution is -2.35. The number of nitrogens with zero attached hydrogens (tertiary/aromatic N) is 1. The van der Waals surface area contributed by atoms with E-state index >= 15 is 0 Å². The summed E-state index contributed by atoms with van der Waals surface area (Å²) >= 11 is 1.74. The second-order valence-electron chi connectivity index (χ2n) is 5.66. The predicted molar refractivity (Wildman–Crippen MR) is 80.9 cm³/mol. The number of carbonyl (C=O) groups excluding carboxylic acids is 1. The number of thiazole rings is 1. The second-order valence-corrected chi connectivity index (χ2v) is 6.95. The molecule has 1 aliphatic carbocycles. The van der Waals surface area contributed by atoms with Crippen LogP contribution in [0.4, 0.5) is 0 Å². The van der Waals surface area contributed by atoms with Crippen LogP contribution in [0.1, 0.15) is 47.7 Å². The summed E-state index contributed by atoms with van der Waals surface area (Å²) in [6.07, 6.45) is 4.88. The van der Waals surface area contributed by atoms with E-state index in [9.17, 15) is 9.90 Å². The molecular formula is C15H24N2O2S. The maximum atomic E-state index is 12.0. The smallest absolute Gasteiger partial charge is 0.223 e. The van der Waals surface area contributed by atoms with Crippen molar-refractivity contribution in [3.05, 3.63) is 15.6 Å². The van der Waals surface area contributed by atoms with E-state index in [2.05, 4.69) is 17.2 Å². The summed E-state index contributed by atoms with van der Waals surface area (Å²) < 4.78 is 0. The molecule has 1 aromatic heterocycles. The van der Waals surface area contributed by atoms with E-state index < -0.39 is 0 Å². The molecule has 0 radical (unpaired) electrons. The van der Waals surface area contributed by atoms with Crippen molar-refractivity contribution < 1.29 is 9.90 Å². The predicted octanol–water partition coefficient (Wildman–Crippen LogP) is 2.36. The van der Waals surface area contributed by atoms with E-state index in [4.69, 9.17) is 0 Å². The van der Waals surface area contributed by atoms with E-state index in [1.165, 1.54) is 4.88 Å². The second kappa shape index (κ2) is 7.18. The first-order valence-corrected chi connectivity index (χ1v) is 8.26. The van der Waals surface area contributed by atoms with Gasteiger partial charge in [-0.15, -0.1) is 11.3 Å². The SMILES string of the molecule is Cc1nc(CCCNC(=O)[C@@H]2CCC[C@@H](O)C2)sc1C. The van der Waals surface area contributed by atoms with Crippen LogP contribution in [0.2, 0.25) is 0 Å². The van der Waals surface area contributed by atoms with Gasteiger partial charge in [0.2, 0.25) is 5.91 Å². The molecule has 112 valence electrons. The van der Waals surface area contributed by atoms with Gasteiger partial charge in [-0.2, -0.15) is 0 Å². The third-order valence-corrected chi connectivity index (χ3v) is 5.09. The molecule has 1 heterocycles. The van der Waals surface area contributed by atoms with Gasteiger partial charge < -0.3 is 10.4 Å². The highest BCUT2D eigenvalue weighted by molar-refractivity contribution is 7.11. The first-order chi connectivity index (χ1) is 9.56. The van der Waals surface area contributed by atoms with E-state index in [-0.39, 0.29) is 17.9 Å². The van der Waals surface area contributed by atoms with E-state index in [0.717, 1.165) is 42.8 Å². The number of aromatic nitrogens is 1. The Labute approximate surface area is 124 Å². The monoisotopic (exact) mass is 296 g/mol. The van der Waals surface area contributed by atoms with Crippen molar-refractivity contribution in [1.29, 1.82) is 0 Å². The molecular weight excluding hydrogens is 272 g/mol. The highest BCUT2D eigenvalue weighted by atomic mass is 32.1. The van der Waals surface area contributed by atoms with Gasteiger partial charge in [-0.25, -0.2) is 4.98 Å². The summed E-state index contributed by atoms with van der Waals surface area (Å²) in [5.74, 6) is 0.110. The van der Waals surface area contributed by atoms with Crippen LogP contribution in [0.3, 0.4) is 0 Å². The van der Waals surface area contributed by atoms with Crippen LogP contribution in [0.5, 0.6) is 0 Å². The maximum Gasteiger partial charge on any atom is 0.223 e. The summed E-state index contributed by atoms with van der Waals surface area (Å²) in [6, 6.07) is 0. The van der Waals surface area contributed by atoms with E-state index in [0.29, 0.717) is 13.0 Å². The number of amides is 1. The molecule has 1 aliphatic rings. The number of carbonyl (C=O) groups is 1. The lowest BCUT2D eigenvalue weighted by Gasteiger charge is -2.24. The van der Waals surface area contributed by atoms with Gasteiger partial charge in [-0.1, -0.05) is 6.42 Å². The zero-order chi connectivity index (χ0) is 14.5. The van der Waals surface area contributed by atoms with Crippen molar-refractivity contribution in [2.75, 3.05) is 6.54 Å². The summed E-state index contributed by atoms with van der Waals surface area (Å²) in [5.41, 5.74) is 1.12. The number of hydrogen-bond acceptors (Lipinski definition) is 4. The molecule has 20 heavy (non-hydrogen) atoms. The molecule has 2 atom stereocenters. The number of aryl methyl sites for hydroxylation is 3. The van der Waals surface area contributed by atoms with Gasteiger partial charge in [-0.05, 0) is 39.5 Å². The van der Waals surface area contributed by atoms with Crippen molar-refractivity contribution in [2.45, 2.75) is 58.5 Å².